The minimum absolute atomic E-state index is 0.741. The second-order valence-electron chi connectivity index (χ2n) is 6.30. The Balaban J connectivity index is 2.36. The Labute approximate surface area is 112 Å². The van der Waals surface area contributed by atoms with Gasteiger partial charge in [0.25, 0.3) is 0 Å². The van der Waals surface area contributed by atoms with Crippen LogP contribution in [0.4, 0.5) is 0 Å². The van der Waals surface area contributed by atoms with Crippen molar-refractivity contribution in [3.05, 3.63) is 34.4 Å². The summed E-state index contributed by atoms with van der Waals surface area (Å²) in [4.78, 5) is 0. The first-order valence-corrected chi connectivity index (χ1v) is 7.29. The first kappa shape index (κ1) is 13.6. The number of hydrogen-bond acceptors (Lipinski definition) is 1. The van der Waals surface area contributed by atoms with Crippen LogP contribution in [-0.2, 0) is 0 Å². The molecule has 1 heterocycles. The fourth-order valence-corrected chi connectivity index (χ4v) is 3.35. The highest BCUT2D eigenvalue weighted by molar-refractivity contribution is 5.39. The molecule has 1 aromatic carbocycles. The Morgan fingerprint density at radius 2 is 1.72 bits per heavy atom. The second kappa shape index (κ2) is 5.44. The lowest BCUT2D eigenvalue weighted by Crippen LogP contribution is -2.38. The molecule has 2 rings (SSSR count). The molecule has 0 amide bonds. The summed E-state index contributed by atoms with van der Waals surface area (Å²) >= 11 is 0. The number of hydrogen-bond donors (Lipinski definition) is 1. The van der Waals surface area contributed by atoms with E-state index >= 15 is 0 Å². The summed E-state index contributed by atoms with van der Waals surface area (Å²) in [5, 5.41) is 3.56. The summed E-state index contributed by atoms with van der Waals surface area (Å²) in [6, 6.07) is 4.81. The normalized spacial score (nSPS) is 24.6. The van der Waals surface area contributed by atoms with Crippen LogP contribution < -0.4 is 5.32 Å². The van der Waals surface area contributed by atoms with E-state index < -0.39 is 0 Å². The zero-order valence-electron chi connectivity index (χ0n) is 12.5. The minimum Gasteiger partial charge on any atom is -0.316 e. The van der Waals surface area contributed by atoms with Crippen LogP contribution in [0.3, 0.4) is 0 Å². The third-order valence-electron chi connectivity index (χ3n) is 4.67. The molecule has 1 aromatic rings. The van der Waals surface area contributed by atoms with E-state index in [0.29, 0.717) is 0 Å². The zero-order chi connectivity index (χ0) is 13.3. The lowest BCUT2D eigenvalue weighted by atomic mass is 9.74. The molecule has 1 saturated heterocycles. The summed E-state index contributed by atoms with van der Waals surface area (Å²) < 4.78 is 0. The summed E-state index contributed by atoms with van der Waals surface area (Å²) in [6.45, 7) is 13.8. The van der Waals surface area contributed by atoms with Gasteiger partial charge in [-0.05, 0) is 80.3 Å². The van der Waals surface area contributed by atoms with Gasteiger partial charge in [0.2, 0.25) is 0 Å². The van der Waals surface area contributed by atoms with Gasteiger partial charge in [0.1, 0.15) is 0 Å². The molecule has 0 radical (unpaired) electrons. The van der Waals surface area contributed by atoms with Gasteiger partial charge in [0.15, 0.2) is 0 Å². The molecule has 1 nitrogen and oxygen atoms in total. The van der Waals surface area contributed by atoms with Crippen LogP contribution in [0.5, 0.6) is 0 Å². The number of aryl methyl sites for hydroxylation is 3. The van der Waals surface area contributed by atoms with Crippen LogP contribution in [0, 0.1) is 32.6 Å². The van der Waals surface area contributed by atoms with Crippen LogP contribution in [-0.4, -0.2) is 13.1 Å². The van der Waals surface area contributed by atoms with Crippen molar-refractivity contribution in [1.29, 1.82) is 0 Å². The summed E-state index contributed by atoms with van der Waals surface area (Å²) in [5.41, 5.74) is 5.94. The van der Waals surface area contributed by atoms with Gasteiger partial charge < -0.3 is 5.32 Å². The van der Waals surface area contributed by atoms with Gasteiger partial charge in [-0.15, -0.1) is 0 Å². The number of benzene rings is 1. The lowest BCUT2D eigenvalue weighted by molar-refractivity contribution is 0.254. The van der Waals surface area contributed by atoms with E-state index in [-0.39, 0.29) is 0 Å². The Kier molecular flexibility index (Phi) is 4.11. The topological polar surface area (TPSA) is 12.0 Å². The first-order valence-electron chi connectivity index (χ1n) is 7.29. The average Bonchev–Trinajstić information content (AvgIpc) is 2.34. The van der Waals surface area contributed by atoms with Crippen molar-refractivity contribution in [2.24, 2.45) is 11.8 Å². The second-order valence-corrected chi connectivity index (χ2v) is 6.30. The quantitative estimate of drug-likeness (QED) is 0.831. The molecule has 0 aromatic heterocycles. The molecule has 18 heavy (non-hydrogen) atoms. The highest BCUT2D eigenvalue weighted by Crippen LogP contribution is 2.37. The van der Waals surface area contributed by atoms with Crippen LogP contribution >= 0.6 is 0 Å². The van der Waals surface area contributed by atoms with E-state index in [9.17, 15) is 0 Å². The van der Waals surface area contributed by atoms with E-state index in [1.807, 2.05) is 0 Å². The van der Waals surface area contributed by atoms with Gasteiger partial charge in [0, 0.05) is 0 Å². The third-order valence-corrected chi connectivity index (χ3v) is 4.67. The molecule has 1 N–H and O–H groups in total. The standard InChI is InChI=1S/C17H27N/c1-11(2)17-10-18-7-6-15(17)16-9-13(4)12(3)8-14(16)5/h8-9,11,15,17-18H,6-7,10H2,1-5H3. The van der Waals surface area contributed by atoms with Crippen molar-refractivity contribution in [2.75, 3.05) is 13.1 Å². The van der Waals surface area contributed by atoms with Gasteiger partial charge in [-0.2, -0.15) is 0 Å². The molecule has 2 unspecified atom stereocenters. The Hall–Kier alpha value is -0.820. The van der Waals surface area contributed by atoms with Crippen molar-refractivity contribution in [3.63, 3.8) is 0 Å². The molecule has 1 heteroatoms. The number of rotatable bonds is 2. The summed E-state index contributed by atoms with van der Waals surface area (Å²) in [5.74, 6) is 2.27. The molecule has 0 spiro atoms. The van der Waals surface area contributed by atoms with E-state index in [1.165, 1.54) is 36.2 Å². The first-order chi connectivity index (χ1) is 8.50. The maximum Gasteiger partial charge on any atom is -0.00122 e. The van der Waals surface area contributed by atoms with Gasteiger partial charge in [-0.1, -0.05) is 26.0 Å². The SMILES string of the molecule is Cc1cc(C)c(C2CCNCC2C(C)C)cc1C. The smallest absolute Gasteiger partial charge is 0.00122 e. The molecule has 1 aliphatic heterocycles. The van der Waals surface area contributed by atoms with Crippen molar-refractivity contribution in [3.8, 4) is 0 Å². The Morgan fingerprint density at radius 3 is 2.39 bits per heavy atom. The highest BCUT2D eigenvalue weighted by atomic mass is 14.9. The van der Waals surface area contributed by atoms with Crippen molar-refractivity contribution in [1.82, 2.24) is 5.32 Å². The monoisotopic (exact) mass is 245 g/mol. The highest BCUT2D eigenvalue weighted by Gasteiger charge is 2.29. The average molecular weight is 245 g/mol. The van der Waals surface area contributed by atoms with Crippen LogP contribution in [0.1, 0.15) is 48.4 Å². The number of nitrogens with one attached hydrogen (secondary N) is 1. The van der Waals surface area contributed by atoms with E-state index in [2.05, 4.69) is 52.1 Å². The molecule has 2 atom stereocenters. The van der Waals surface area contributed by atoms with E-state index in [0.717, 1.165) is 17.8 Å². The predicted molar refractivity (Wildman–Crippen MR) is 79.2 cm³/mol. The zero-order valence-corrected chi connectivity index (χ0v) is 12.5. The molecule has 1 fully saturated rings. The minimum atomic E-state index is 0.741. The summed E-state index contributed by atoms with van der Waals surface area (Å²) in [6.07, 6.45) is 1.28. The molecule has 1 aliphatic rings. The Bertz CT molecular complexity index is 420. The molecular formula is C17H27N. The van der Waals surface area contributed by atoms with Crippen molar-refractivity contribution in [2.45, 2.75) is 47.0 Å². The van der Waals surface area contributed by atoms with Crippen molar-refractivity contribution >= 4 is 0 Å². The molecular weight excluding hydrogens is 218 g/mol. The predicted octanol–water partition coefficient (Wildman–Crippen LogP) is 3.96. The lowest BCUT2D eigenvalue weighted by Gasteiger charge is -2.36. The van der Waals surface area contributed by atoms with Crippen LogP contribution in [0.2, 0.25) is 0 Å². The van der Waals surface area contributed by atoms with Crippen molar-refractivity contribution < 1.29 is 0 Å². The van der Waals surface area contributed by atoms with Gasteiger partial charge in [0.05, 0.1) is 0 Å². The van der Waals surface area contributed by atoms with E-state index in [1.54, 1.807) is 5.56 Å². The maximum atomic E-state index is 3.56. The maximum absolute atomic E-state index is 3.56. The largest absolute Gasteiger partial charge is 0.316 e. The van der Waals surface area contributed by atoms with Crippen LogP contribution in [0.25, 0.3) is 0 Å². The van der Waals surface area contributed by atoms with Gasteiger partial charge in [-0.3, -0.25) is 0 Å². The Morgan fingerprint density at radius 1 is 1.06 bits per heavy atom. The fraction of sp³-hybridized carbons (Fsp3) is 0.647. The van der Waals surface area contributed by atoms with Gasteiger partial charge in [-0.25, -0.2) is 0 Å². The summed E-state index contributed by atoms with van der Waals surface area (Å²) in [7, 11) is 0. The molecule has 0 saturated carbocycles. The van der Waals surface area contributed by atoms with E-state index in [4.69, 9.17) is 0 Å². The fourth-order valence-electron chi connectivity index (χ4n) is 3.35. The van der Waals surface area contributed by atoms with Gasteiger partial charge >= 0.3 is 0 Å². The number of piperidine rings is 1. The molecule has 0 aliphatic carbocycles. The molecule has 100 valence electrons. The third kappa shape index (κ3) is 2.61. The molecule has 0 bridgehead atoms. The van der Waals surface area contributed by atoms with Crippen LogP contribution in [0.15, 0.2) is 12.1 Å².